The summed E-state index contributed by atoms with van der Waals surface area (Å²) in [7, 11) is 0. The van der Waals surface area contributed by atoms with Crippen LogP contribution in [0, 0.1) is 0 Å². The maximum Gasteiger partial charge on any atom is 0.164 e. The summed E-state index contributed by atoms with van der Waals surface area (Å²) in [5.41, 5.74) is 10.8. The van der Waals surface area contributed by atoms with Gasteiger partial charge in [0.25, 0.3) is 0 Å². The molecule has 0 spiro atoms. The van der Waals surface area contributed by atoms with Crippen molar-refractivity contribution in [3.8, 4) is 62.1 Å². The summed E-state index contributed by atoms with van der Waals surface area (Å²) >= 11 is 0. The van der Waals surface area contributed by atoms with E-state index in [2.05, 4.69) is 187 Å². The van der Waals surface area contributed by atoms with Gasteiger partial charge >= 0.3 is 0 Å². The molecule has 0 fully saturated rings. The first-order valence-electron chi connectivity index (χ1n) is 20.7. The molecular formula is C57H36N4. The van der Waals surface area contributed by atoms with Crippen LogP contribution in [-0.4, -0.2) is 19.5 Å². The lowest BCUT2D eigenvalue weighted by Gasteiger charge is -2.16. The monoisotopic (exact) mass is 776 g/mol. The topological polar surface area (TPSA) is 43.6 Å². The molecular weight excluding hydrogens is 741 g/mol. The Balaban J connectivity index is 1.08. The molecule has 0 N–H and O–H groups in total. The summed E-state index contributed by atoms with van der Waals surface area (Å²) in [6.45, 7) is 0. The van der Waals surface area contributed by atoms with E-state index in [1.165, 1.54) is 54.1 Å². The fraction of sp³-hybridized carbons (Fsp3) is 0. The number of benzene rings is 10. The molecule has 2 heterocycles. The average Bonchev–Trinajstić information content (AvgIpc) is 3.68. The molecule has 2 aromatic heterocycles. The molecule has 61 heavy (non-hydrogen) atoms. The van der Waals surface area contributed by atoms with Crippen molar-refractivity contribution >= 4 is 54.1 Å². The minimum absolute atomic E-state index is 0.626. The second-order valence-corrected chi connectivity index (χ2v) is 15.6. The smallest absolute Gasteiger partial charge is 0.164 e. The van der Waals surface area contributed by atoms with E-state index in [1.54, 1.807) is 0 Å². The lowest BCUT2D eigenvalue weighted by atomic mass is 9.90. The van der Waals surface area contributed by atoms with E-state index in [4.69, 9.17) is 15.0 Å². The van der Waals surface area contributed by atoms with E-state index in [-0.39, 0.29) is 0 Å². The van der Waals surface area contributed by atoms with Crippen molar-refractivity contribution in [1.82, 2.24) is 19.5 Å². The molecule has 12 rings (SSSR count). The lowest BCUT2D eigenvalue weighted by Crippen LogP contribution is -2.00. The molecule has 0 aliphatic rings. The quantitative estimate of drug-likeness (QED) is 0.158. The van der Waals surface area contributed by atoms with Crippen molar-refractivity contribution in [3.63, 3.8) is 0 Å². The normalized spacial score (nSPS) is 11.6. The predicted octanol–water partition coefficient (Wildman–Crippen LogP) is 14.8. The molecule has 12 aromatic rings. The van der Waals surface area contributed by atoms with E-state index in [9.17, 15) is 0 Å². The number of rotatable bonds is 6. The van der Waals surface area contributed by atoms with Gasteiger partial charge in [0.1, 0.15) is 0 Å². The first kappa shape index (κ1) is 34.8. The van der Waals surface area contributed by atoms with Crippen LogP contribution >= 0.6 is 0 Å². The van der Waals surface area contributed by atoms with E-state index in [1.807, 2.05) is 36.4 Å². The van der Waals surface area contributed by atoms with Crippen LogP contribution < -0.4 is 0 Å². The Kier molecular flexibility index (Phi) is 8.13. The molecule has 0 aliphatic heterocycles. The fourth-order valence-corrected chi connectivity index (χ4v) is 9.12. The highest BCUT2D eigenvalue weighted by Gasteiger charge is 2.18. The zero-order valence-corrected chi connectivity index (χ0v) is 33.1. The van der Waals surface area contributed by atoms with Crippen molar-refractivity contribution in [1.29, 1.82) is 0 Å². The van der Waals surface area contributed by atoms with E-state index in [0.717, 1.165) is 44.6 Å². The van der Waals surface area contributed by atoms with Gasteiger partial charge in [-0.25, -0.2) is 15.0 Å². The van der Waals surface area contributed by atoms with Crippen LogP contribution in [-0.2, 0) is 0 Å². The molecule has 0 aliphatic carbocycles. The summed E-state index contributed by atoms with van der Waals surface area (Å²) in [6.07, 6.45) is 0. The second-order valence-electron chi connectivity index (χ2n) is 15.6. The Labute approximate surface area is 352 Å². The first-order chi connectivity index (χ1) is 30.2. The van der Waals surface area contributed by atoms with Gasteiger partial charge in [0.05, 0.1) is 11.0 Å². The standard InChI is InChI=1S/C57H36N4/c1-4-16-37(17-5-1)41-32-42(34-43(33-41)57-59-55(38-18-6-2-7-19-38)58-56(60-57)39-20-8-3-9-21-39)40-28-30-47-45-22-10-11-23-46(45)52-36-44(29-31-48(52)51(47)35-40)61-53-26-14-12-24-49(53)50-25-13-15-27-54(50)61/h1-36H. The number of hydrogen-bond acceptors (Lipinski definition) is 3. The number of aromatic nitrogens is 4. The Morgan fingerprint density at radius 3 is 1.21 bits per heavy atom. The zero-order chi connectivity index (χ0) is 40.3. The van der Waals surface area contributed by atoms with Crippen LogP contribution in [0.15, 0.2) is 218 Å². The minimum Gasteiger partial charge on any atom is -0.309 e. The predicted molar refractivity (Wildman–Crippen MR) is 254 cm³/mol. The van der Waals surface area contributed by atoms with Crippen LogP contribution in [0.1, 0.15) is 0 Å². The molecule has 0 saturated heterocycles. The van der Waals surface area contributed by atoms with Gasteiger partial charge in [-0.1, -0.05) is 170 Å². The van der Waals surface area contributed by atoms with Crippen LogP contribution in [0.5, 0.6) is 0 Å². The van der Waals surface area contributed by atoms with Gasteiger partial charge < -0.3 is 4.57 Å². The van der Waals surface area contributed by atoms with Crippen LogP contribution in [0.2, 0.25) is 0 Å². The van der Waals surface area contributed by atoms with Gasteiger partial charge in [-0.15, -0.1) is 0 Å². The third-order valence-corrected chi connectivity index (χ3v) is 12.0. The maximum absolute atomic E-state index is 5.14. The van der Waals surface area contributed by atoms with Crippen molar-refractivity contribution in [2.24, 2.45) is 0 Å². The third-order valence-electron chi connectivity index (χ3n) is 12.0. The molecule has 0 atom stereocenters. The summed E-state index contributed by atoms with van der Waals surface area (Å²) in [6, 6.07) is 77.8. The summed E-state index contributed by atoms with van der Waals surface area (Å²) in [5.74, 6) is 1.91. The lowest BCUT2D eigenvalue weighted by molar-refractivity contribution is 1.07. The van der Waals surface area contributed by atoms with Crippen LogP contribution in [0.4, 0.5) is 0 Å². The zero-order valence-electron chi connectivity index (χ0n) is 33.1. The number of nitrogens with zero attached hydrogens (tertiary/aromatic N) is 4. The Morgan fingerprint density at radius 1 is 0.230 bits per heavy atom. The van der Waals surface area contributed by atoms with Gasteiger partial charge in [-0.3, -0.25) is 0 Å². The highest BCUT2D eigenvalue weighted by atomic mass is 15.0. The highest BCUT2D eigenvalue weighted by molar-refractivity contribution is 6.26. The number of hydrogen-bond donors (Lipinski definition) is 0. The first-order valence-corrected chi connectivity index (χ1v) is 20.7. The second kappa shape index (κ2) is 14.3. The van der Waals surface area contributed by atoms with E-state index >= 15 is 0 Å². The van der Waals surface area contributed by atoms with E-state index < -0.39 is 0 Å². The maximum atomic E-state index is 5.14. The number of fused-ring (bicyclic) bond motifs is 9. The minimum atomic E-state index is 0.626. The average molecular weight is 777 g/mol. The van der Waals surface area contributed by atoms with Gasteiger partial charge in [-0.05, 0) is 103 Å². The molecule has 0 bridgehead atoms. The van der Waals surface area contributed by atoms with Gasteiger partial charge in [0.15, 0.2) is 17.5 Å². The molecule has 0 amide bonds. The largest absolute Gasteiger partial charge is 0.309 e. The van der Waals surface area contributed by atoms with Crippen molar-refractivity contribution in [2.75, 3.05) is 0 Å². The van der Waals surface area contributed by atoms with Gasteiger partial charge in [0.2, 0.25) is 0 Å². The van der Waals surface area contributed by atoms with Crippen molar-refractivity contribution in [2.45, 2.75) is 0 Å². The summed E-state index contributed by atoms with van der Waals surface area (Å²) in [4.78, 5) is 15.3. The molecule has 0 radical (unpaired) electrons. The Hall–Kier alpha value is -8.21. The number of para-hydroxylation sites is 2. The summed E-state index contributed by atoms with van der Waals surface area (Å²) < 4.78 is 2.41. The van der Waals surface area contributed by atoms with Crippen molar-refractivity contribution < 1.29 is 0 Å². The third kappa shape index (κ3) is 5.96. The molecule has 0 unspecified atom stereocenters. The van der Waals surface area contributed by atoms with Crippen molar-refractivity contribution in [3.05, 3.63) is 218 Å². The van der Waals surface area contributed by atoms with Gasteiger partial charge in [0, 0.05) is 33.2 Å². The molecule has 284 valence electrons. The highest BCUT2D eigenvalue weighted by Crippen LogP contribution is 2.41. The SMILES string of the molecule is c1ccc(-c2cc(-c3ccc4c5ccccc5c5cc(-n6c7ccccc7c7ccccc76)ccc5c4c3)cc(-c3nc(-c4ccccc4)nc(-c4ccccc4)n3)c2)cc1. The molecule has 4 heteroatoms. The Morgan fingerprint density at radius 2 is 0.623 bits per heavy atom. The van der Waals surface area contributed by atoms with Crippen LogP contribution in [0.25, 0.3) is 116 Å². The molecule has 10 aromatic carbocycles. The van der Waals surface area contributed by atoms with Gasteiger partial charge in [-0.2, -0.15) is 0 Å². The Bertz CT molecular complexity index is 3520. The van der Waals surface area contributed by atoms with E-state index in [0.29, 0.717) is 17.5 Å². The fourth-order valence-electron chi connectivity index (χ4n) is 9.12. The summed E-state index contributed by atoms with van der Waals surface area (Å²) in [5, 5.41) is 9.88. The van der Waals surface area contributed by atoms with Crippen LogP contribution in [0.3, 0.4) is 0 Å². The molecule has 0 saturated carbocycles. The molecule has 4 nitrogen and oxygen atoms in total.